The molecular weight excluding hydrogens is 184 g/mol. The van der Waals surface area contributed by atoms with Crippen LogP contribution in [-0.4, -0.2) is 36.1 Å². The molecule has 0 aromatic carbocycles. The largest absolute Gasteiger partial charge is 0.313 e. The summed E-state index contributed by atoms with van der Waals surface area (Å²) in [6, 6.07) is 1.90. The van der Waals surface area contributed by atoms with Crippen LogP contribution < -0.4 is 5.32 Å². The van der Waals surface area contributed by atoms with Gasteiger partial charge in [-0.15, -0.1) is 0 Å². The molecule has 0 aliphatic carbocycles. The summed E-state index contributed by atoms with van der Waals surface area (Å²) < 4.78 is 0. The predicted octanol–water partition coefficient (Wildman–Crippen LogP) is 2.74. The molecule has 15 heavy (non-hydrogen) atoms. The van der Waals surface area contributed by atoms with Crippen molar-refractivity contribution in [3.63, 3.8) is 0 Å². The van der Waals surface area contributed by atoms with Crippen LogP contribution in [0.3, 0.4) is 0 Å². The molecule has 0 radical (unpaired) electrons. The Kier molecular flexibility index (Phi) is 7.20. The second-order valence-corrected chi connectivity index (χ2v) is 5.41. The van der Waals surface area contributed by atoms with E-state index in [1.807, 2.05) is 0 Å². The van der Waals surface area contributed by atoms with E-state index in [2.05, 4.69) is 58.7 Å². The van der Waals surface area contributed by atoms with Crippen LogP contribution in [0.25, 0.3) is 0 Å². The van der Waals surface area contributed by atoms with E-state index >= 15 is 0 Å². The van der Waals surface area contributed by atoms with Crippen molar-refractivity contribution in [1.29, 1.82) is 0 Å². The number of hydrogen-bond donors (Lipinski definition) is 1. The first-order valence-electron chi connectivity index (χ1n) is 6.35. The highest BCUT2D eigenvalue weighted by Gasteiger charge is 2.13. The van der Waals surface area contributed by atoms with Gasteiger partial charge in [0.05, 0.1) is 0 Å². The van der Waals surface area contributed by atoms with E-state index in [1.54, 1.807) is 0 Å². The van der Waals surface area contributed by atoms with Gasteiger partial charge in [0.1, 0.15) is 0 Å². The van der Waals surface area contributed by atoms with Crippen molar-refractivity contribution in [2.45, 2.75) is 66.6 Å². The van der Waals surface area contributed by atoms with Gasteiger partial charge in [0, 0.05) is 31.2 Å². The van der Waals surface area contributed by atoms with Crippen LogP contribution in [0.4, 0.5) is 0 Å². The number of rotatable bonds is 7. The van der Waals surface area contributed by atoms with Gasteiger partial charge in [0.15, 0.2) is 0 Å². The maximum absolute atomic E-state index is 3.58. The Balaban J connectivity index is 3.81. The fourth-order valence-corrected chi connectivity index (χ4v) is 1.77. The highest BCUT2D eigenvalue weighted by atomic mass is 15.2. The van der Waals surface area contributed by atoms with Crippen molar-refractivity contribution < 1.29 is 0 Å². The van der Waals surface area contributed by atoms with E-state index < -0.39 is 0 Å². The van der Waals surface area contributed by atoms with Crippen molar-refractivity contribution >= 4 is 0 Å². The van der Waals surface area contributed by atoms with Crippen molar-refractivity contribution in [3.8, 4) is 0 Å². The number of nitrogens with one attached hydrogen (secondary N) is 1. The Morgan fingerprint density at radius 2 is 1.33 bits per heavy atom. The minimum Gasteiger partial charge on any atom is -0.313 e. The van der Waals surface area contributed by atoms with Crippen LogP contribution >= 0.6 is 0 Å². The Labute approximate surface area is 96.4 Å². The standard InChI is InChI=1S/C13H30N2/c1-10(2)13(7)14-8-9-15(11(3)4)12(5)6/h10-14H,8-9H2,1-7H3. The Bertz CT molecular complexity index is 145. The zero-order valence-corrected chi connectivity index (χ0v) is 11.7. The third kappa shape index (κ3) is 6.16. The second-order valence-electron chi connectivity index (χ2n) is 5.41. The topological polar surface area (TPSA) is 15.3 Å². The summed E-state index contributed by atoms with van der Waals surface area (Å²) in [5.74, 6) is 0.719. The maximum Gasteiger partial charge on any atom is 0.0112 e. The Morgan fingerprint density at radius 3 is 1.67 bits per heavy atom. The highest BCUT2D eigenvalue weighted by molar-refractivity contribution is 4.70. The molecule has 92 valence electrons. The molecule has 0 saturated heterocycles. The van der Waals surface area contributed by atoms with Crippen LogP contribution in [0.5, 0.6) is 0 Å². The molecule has 2 nitrogen and oxygen atoms in total. The zero-order chi connectivity index (χ0) is 12.0. The fourth-order valence-electron chi connectivity index (χ4n) is 1.77. The molecule has 0 aliphatic heterocycles. The van der Waals surface area contributed by atoms with Gasteiger partial charge in [-0.25, -0.2) is 0 Å². The monoisotopic (exact) mass is 214 g/mol. The third-order valence-corrected chi connectivity index (χ3v) is 3.16. The van der Waals surface area contributed by atoms with E-state index in [4.69, 9.17) is 0 Å². The molecule has 0 amide bonds. The average Bonchev–Trinajstić information content (AvgIpc) is 2.10. The minimum atomic E-state index is 0.617. The van der Waals surface area contributed by atoms with Gasteiger partial charge in [-0.2, -0.15) is 0 Å². The van der Waals surface area contributed by atoms with Crippen molar-refractivity contribution in [3.05, 3.63) is 0 Å². The summed E-state index contributed by atoms with van der Waals surface area (Å²) in [6.45, 7) is 18.1. The van der Waals surface area contributed by atoms with Crippen molar-refractivity contribution in [2.24, 2.45) is 5.92 Å². The molecule has 0 heterocycles. The summed E-state index contributed by atoms with van der Waals surface area (Å²) in [7, 11) is 0. The van der Waals surface area contributed by atoms with Crippen molar-refractivity contribution in [2.75, 3.05) is 13.1 Å². The molecule has 0 spiro atoms. The quantitative estimate of drug-likeness (QED) is 0.701. The lowest BCUT2D eigenvalue weighted by Gasteiger charge is -2.31. The molecule has 1 unspecified atom stereocenters. The minimum absolute atomic E-state index is 0.617. The van der Waals surface area contributed by atoms with Gasteiger partial charge in [0.25, 0.3) is 0 Å². The zero-order valence-electron chi connectivity index (χ0n) is 11.7. The lowest BCUT2D eigenvalue weighted by Crippen LogP contribution is -2.43. The molecule has 1 N–H and O–H groups in total. The molecule has 0 rings (SSSR count). The Hall–Kier alpha value is -0.0800. The molecular formula is C13H30N2. The predicted molar refractivity (Wildman–Crippen MR) is 69.3 cm³/mol. The smallest absolute Gasteiger partial charge is 0.0112 e. The molecule has 2 heteroatoms. The lowest BCUT2D eigenvalue weighted by molar-refractivity contribution is 0.172. The average molecular weight is 214 g/mol. The van der Waals surface area contributed by atoms with E-state index in [0.717, 1.165) is 19.0 Å². The third-order valence-electron chi connectivity index (χ3n) is 3.16. The molecule has 0 fully saturated rings. The van der Waals surface area contributed by atoms with Crippen LogP contribution in [0.15, 0.2) is 0 Å². The fraction of sp³-hybridized carbons (Fsp3) is 1.00. The summed E-state index contributed by atoms with van der Waals surface area (Å²) in [5.41, 5.74) is 0. The summed E-state index contributed by atoms with van der Waals surface area (Å²) in [5, 5.41) is 3.58. The molecule has 0 aliphatic rings. The van der Waals surface area contributed by atoms with Gasteiger partial charge < -0.3 is 5.32 Å². The Morgan fingerprint density at radius 1 is 0.867 bits per heavy atom. The van der Waals surface area contributed by atoms with Crippen LogP contribution in [-0.2, 0) is 0 Å². The first-order chi connectivity index (χ1) is 6.86. The first-order valence-corrected chi connectivity index (χ1v) is 6.35. The van der Waals surface area contributed by atoms with Gasteiger partial charge in [-0.1, -0.05) is 13.8 Å². The van der Waals surface area contributed by atoms with Gasteiger partial charge >= 0.3 is 0 Å². The summed E-state index contributed by atoms with van der Waals surface area (Å²) in [6.07, 6.45) is 0. The summed E-state index contributed by atoms with van der Waals surface area (Å²) in [4.78, 5) is 2.53. The van der Waals surface area contributed by atoms with E-state index in [1.165, 1.54) is 0 Å². The normalized spacial score (nSPS) is 14.6. The molecule has 0 saturated carbocycles. The highest BCUT2D eigenvalue weighted by Crippen LogP contribution is 2.04. The molecule has 0 aromatic rings. The number of hydrogen-bond acceptors (Lipinski definition) is 2. The van der Waals surface area contributed by atoms with Crippen LogP contribution in [0.1, 0.15) is 48.5 Å². The number of nitrogens with zero attached hydrogens (tertiary/aromatic N) is 1. The molecule has 0 bridgehead atoms. The van der Waals surface area contributed by atoms with Gasteiger partial charge in [-0.05, 0) is 40.5 Å². The van der Waals surface area contributed by atoms with Crippen molar-refractivity contribution in [1.82, 2.24) is 10.2 Å². The van der Waals surface area contributed by atoms with E-state index in [0.29, 0.717) is 18.1 Å². The van der Waals surface area contributed by atoms with Gasteiger partial charge in [-0.3, -0.25) is 4.90 Å². The lowest BCUT2D eigenvalue weighted by atomic mass is 10.1. The maximum atomic E-state index is 3.58. The molecule has 0 aromatic heterocycles. The first kappa shape index (κ1) is 14.9. The van der Waals surface area contributed by atoms with E-state index in [-0.39, 0.29) is 0 Å². The van der Waals surface area contributed by atoms with Gasteiger partial charge in [0.2, 0.25) is 0 Å². The van der Waals surface area contributed by atoms with Crippen LogP contribution in [0, 0.1) is 5.92 Å². The van der Waals surface area contributed by atoms with Crippen LogP contribution in [0.2, 0.25) is 0 Å². The summed E-state index contributed by atoms with van der Waals surface area (Å²) >= 11 is 0. The second kappa shape index (κ2) is 7.24. The molecule has 1 atom stereocenters. The SMILES string of the molecule is CC(C)C(C)NCCN(C(C)C)C(C)C. The van der Waals surface area contributed by atoms with E-state index in [9.17, 15) is 0 Å².